The van der Waals surface area contributed by atoms with Crippen molar-refractivity contribution >= 4 is 29.8 Å². The van der Waals surface area contributed by atoms with Gasteiger partial charge in [0, 0.05) is 30.1 Å². The first-order valence-corrected chi connectivity index (χ1v) is 7.90. The number of ketones is 1. The summed E-state index contributed by atoms with van der Waals surface area (Å²) in [7, 11) is 0. The highest BCUT2D eigenvalue weighted by atomic mass is 35.5. The summed E-state index contributed by atoms with van der Waals surface area (Å²) in [4.78, 5) is 24.1. The molecule has 0 aromatic heterocycles. The largest absolute Gasteiger partial charge is 0.326 e. The molecular formula is C19H21ClN2O2. The van der Waals surface area contributed by atoms with Gasteiger partial charge in [-0.3, -0.25) is 9.59 Å². The summed E-state index contributed by atoms with van der Waals surface area (Å²) < 4.78 is 0. The first-order chi connectivity index (χ1) is 11.1. The Morgan fingerprint density at radius 3 is 2.62 bits per heavy atom. The predicted octanol–water partition coefficient (Wildman–Crippen LogP) is 3.66. The van der Waals surface area contributed by atoms with E-state index in [1.165, 1.54) is 0 Å². The summed E-state index contributed by atoms with van der Waals surface area (Å²) >= 11 is 0. The van der Waals surface area contributed by atoms with Crippen LogP contribution in [0.2, 0.25) is 0 Å². The van der Waals surface area contributed by atoms with Gasteiger partial charge in [-0.05, 0) is 36.1 Å². The molecule has 2 aromatic carbocycles. The van der Waals surface area contributed by atoms with E-state index in [4.69, 9.17) is 5.73 Å². The number of carbonyl (C=O) groups is 2. The number of carbonyl (C=O) groups excluding carboxylic acids is 2. The zero-order valence-corrected chi connectivity index (χ0v) is 14.1. The van der Waals surface area contributed by atoms with Crippen molar-refractivity contribution in [2.24, 2.45) is 5.73 Å². The predicted molar refractivity (Wildman–Crippen MR) is 97.6 cm³/mol. The number of hydrogen-bond donors (Lipinski definition) is 2. The number of amides is 1. The molecule has 1 amide bonds. The lowest BCUT2D eigenvalue weighted by molar-refractivity contribution is -0.116. The number of aryl methyl sites for hydroxylation is 1. The second kappa shape index (κ2) is 8.08. The summed E-state index contributed by atoms with van der Waals surface area (Å²) in [5, 5.41) is 2.84. The van der Waals surface area contributed by atoms with Crippen molar-refractivity contribution in [1.82, 2.24) is 0 Å². The third-order valence-electron chi connectivity index (χ3n) is 4.18. The number of anilines is 1. The summed E-state index contributed by atoms with van der Waals surface area (Å²) in [6, 6.07) is 14.8. The fourth-order valence-corrected chi connectivity index (χ4v) is 2.94. The molecule has 0 aliphatic heterocycles. The lowest BCUT2D eigenvalue weighted by Gasteiger charge is -2.16. The topological polar surface area (TPSA) is 72.2 Å². The number of nitrogens with one attached hydrogen (secondary N) is 1. The summed E-state index contributed by atoms with van der Waals surface area (Å²) in [6.45, 7) is 0. The third-order valence-corrected chi connectivity index (χ3v) is 4.18. The molecule has 126 valence electrons. The summed E-state index contributed by atoms with van der Waals surface area (Å²) in [5.41, 5.74) is 9.46. The van der Waals surface area contributed by atoms with Crippen LogP contribution in [0.15, 0.2) is 48.5 Å². The third kappa shape index (κ3) is 4.22. The van der Waals surface area contributed by atoms with Gasteiger partial charge in [-0.25, -0.2) is 0 Å². The van der Waals surface area contributed by atoms with Gasteiger partial charge in [0.1, 0.15) is 0 Å². The SMILES string of the molecule is Cl.NC(CC(=O)Nc1ccc2c(c1)C(=O)CCC2)c1ccccc1. The normalized spacial score (nSPS) is 14.3. The van der Waals surface area contributed by atoms with E-state index >= 15 is 0 Å². The standard InChI is InChI=1S/C19H20N2O2.ClH/c20-17(14-5-2-1-3-6-14)12-19(23)21-15-10-9-13-7-4-8-18(22)16(13)11-15;/h1-3,5-6,9-11,17H,4,7-8,12,20H2,(H,21,23);1H. The number of Topliss-reactive ketones (excluding diaryl/α,β-unsaturated/α-hetero) is 1. The highest BCUT2D eigenvalue weighted by Gasteiger charge is 2.18. The zero-order chi connectivity index (χ0) is 16.2. The Hall–Kier alpha value is -2.17. The van der Waals surface area contributed by atoms with Gasteiger partial charge in [-0.2, -0.15) is 0 Å². The Morgan fingerprint density at radius 2 is 1.88 bits per heavy atom. The van der Waals surface area contributed by atoms with Crippen molar-refractivity contribution in [3.05, 3.63) is 65.2 Å². The number of rotatable bonds is 4. The molecule has 0 saturated heterocycles. The molecule has 1 aliphatic carbocycles. The molecule has 0 heterocycles. The van der Waals surface area contributed by atoms with Crippen LogP contribution >= 0.6 is 12.4 Å². The van der Waals surface area contributed by atoms with E-state index in [1.54, 1.807) is 6.07 Å². The summed E-state index contributed by atoms with van der Waals surface area (Å²) in [6.07, 6.45) is 2.62. The maximum atomic E-state index is 12.2. The van der Waals surface area contributed by atoms with E-state index in [0.717, 1.165) is 29.5 Å². The van der Waals surface area contributed by atoms with Gasteiger partial charge in [0.25, 0.3) is 0 Å². The Balaban J connectivity index is 0.00000208. The van der Waals surface area contributed by atoms with Crippen LogP contribution in [0, 0.1) is 0 Å². The van der Waals surface area contributed by atoms with Crippen LogP contribution in [0.25, 0.3) is 0 Å². The van der Waals surface area contributed by atoms with Gasteiger partial charge in [0.05, 0.1) is 0 Å². The van der Waals surface area contributed by atoms with Gasteiger partial charge in [-0.15, -0.1) is 12.4 Å². The number of fused-ring (bicyclic) bond motifs is 1. The number of benzene rings is 2. The molecule has 3 rings (SSSR count). The minimum Gasteiger partial charge on any atom is -0.326 e. The van der Waals surface area contributed by atoms with Crippen molar-refractivity contribution in [2.75, 3.05) is 5.32 Å². The lowest BCUT2D eigenvalue weighted by Crippen LogP contribution is -2.21. The molecule has 0 saturated carbocycles. The highest BCUT2D eigenvalue weighted by Crippen LogP contribution is 2.24. The maximum absolute atomic E-state index is 12.2. The van der Waals surface area contributed by atoms with Crippen LogP contribution in [-0.4, -0.2) is 11.7 Å². The minimum absolute atomic E-state index is 0. The van der Waals surface area contributed by atoms with Crippen LogP contribution in [0.5, 0.6) is 0 Å². The van der Waals surface area contributed by atoms with E-state index in [1.807, 2.05) is 42.5 Å². The van der Waals surface area contributed by atoms with Gasteiger partial charge < -0.3 is 11.1 Å². The second-order valence-electron chi connectivity index (χ2n) is 5.92. The van der Waals surface area contributed by atoms with E-state index < -0.39 is 0 Å². The first-order valence-electron chi connectivity index (χ1n) is 7.90. The van der Waals surface area contributed by atoms with E-state index in [-0.39, 0.29) is 36.6 Å². The van der Waals surface area contributed by atoms with Gasteiger partial charge in [0.15, 0.2) is 5.78 Å². The minimum atomic E-state index is -0.338. The van der Waals surface area contributed by atoms with Crippen LogP contribution in [0.4, 0.5) is 5.69 Å². The average molecular weight is 345 g/mol. The van der Waals surface area contributed by atoms with Crippen LogP contribution in [0.3, 0.4) is 0 Å². The molecule has 1 unspecified atom stereocenters. The molecule has 2 aromatic rings. The molecule has 0 bridgehead atoms. The number of halogens is 1. The van der Waals surface area contributed by atoms with Crippen molar-refractivity contribution in [1.29, 1.82) is 0 Å². The average Bonchev–Trinajstić information content (AvgIpc) is 2.56. The smallest absolute Gasteiger partial charge is 0.226 e. The van der Waals surface area contributed by atoms with Crippen LogP contribution < -0.4 is 11.1 Å². The van der Waals surface area contributed by atoms with Gasteiger partial charge in [-0.1, -0.05) is 36.4 Å². The Labute approximate surface area is 147 Å². The monoisotopic (exact) mass is 344 g/mol. The zero-order valence-electron chi connectivity index (χ0n) is 13.3. The molecule has 4 nitrogen and oxygen atoms in total. The van der Waals surface area contributed by atoms with Crippen molar-refractivity contribution in [3.8, 4) is 0 Å². The van der Waals surface area contributed by atoms with E-state index in [2.05, 4.69) is 5.32 Å². The van der Waals surface area contributed by atoms with Crippen LogP contribution in [0.1, 0.15) is 46.8 Å². The Kier molecular flexibility index (Phi) is 6.12. The highest BCUT2D eigenvalue weighted by molar-refractivity contribution is 6.00. The van der Waals surface area contributed by atoms with E-state index in [0.29, 0.717) is 12.1 Å². The van der Waals surface area contributed by atoms with Crippen molar-refractivity contribution < 1.29 is 9.59 Å². The first kappa shape index (κ1) is 18.2. The summed E-state index contributed by atoms with van der Waals surface area (Å²) in [5.74, 6) is 0.00731. The Bertz CT molecular complexity index is 731. The Morgan fingerprint density at radius 1 is 1.12 bits per heavy atom. The molecule has 0 spiro atoms. The number of nitrogens with two attached hydrogens (primary N) is 1. The molecule has 5 heteroatoms. The van der Waals surface area contributed by atoms with Crippen molar-refractivity contribution in [2.45, 2.75) is 31.7 Å². The fraction of sp³-hybridized carbons (Fsp3) is 0.263. The molecule has 3 N–H and O–H groups in total. The maximum Gasteiger partial charge on any atom is 0.226 e. The van der Waals surface area contributed by atoms with Gasteiger partial charge >= 0.3 is 0 Å². The molecular weight excluding hydrogens is 324 g/mol. The van der Waals surface area contributed by atoms with Crippen LogP contribution in [-0.2, 0) is 11.2 Å². The molecule has 0 radical (unpaired) electrons. The molecule has 24 heavy (non-hydrogen) atoms. The van der Waals surface area contributed by atoms with Gasteiger partial charge in [0.2, 0.25) is 5.91 Å². The molecule has 1 aliphatic rings. The molecule has 0 fully saturated rings. The quantitative estimate of drug-likeness (QED) is 0.889. The second-order valence-corrected chi connectivity index (χ2v) is 5.92. The lowest BCUT2D eigenvalue weighted by atomic mass is 9.90. The van der Waals surface area contributed by atoms with E-state index in [9.17, 15) is 9.59 Å². The molecule has 1 atom stereocenters. The number of hydrogen-bond acceptors (Lipinski definition) is 3. The van der Waals surface area contributed by atoms with Crippen molar-refractivity contribution in [3.63, 3.8) is 0 Å². The fourth-order valence-electron chi connectivity index (χ4n) is 2.94.